The van der Waals surface area contributed by atoms with Gasteiger partial charge in [0.15, 0.2) is 5.76 Å². The number of ether oxygens (including phenoxy) is 1. The van der Waals surface area contributed by atoms with Gasteiger partial charge in [-0.25, -0.2) is 0 Å². The highest BCUT2D eigenvalue weighted by molar-refractivity contribution is 7.19. The van der Waals surface area contributed by atoms with E-state index in [0.717, 1.165) is 23.5 Å². The van der Waals surface area contributed by atoms with E-state index in [-0.39, 0.29) is 5.91 Å². The molecule has 1 aliphatic heterocycles. The predicted octanol–water partition coefficient (Wildman–Crippen LogP) is 3.77. The van der Waals surface area contributed by atoms with Crippen LogP contribution in [0, 0.1) is 0 Å². The lowest BCUT2D eigenvalue weighted by atomic mass is 10.3. The molecule has 26 heavy (non-hydrogen) atoms. The molecule has 0 saturated carbocycles. The first-order valence-electron chi connectivity index (χ1n) is 8.44. The maximum atomic E-state index is 12.8. The molecule has 0 radical (unpaired) electrons. The molecule has 0 bridgehead atoms. The van der Waals surface area contributed by atoms with Crippen molar-refractivity contribution in [1.29, 1.82) is 0 Å². The maximum absolute atomic E-state index is 12.8. The first-order chi connectivity index (χ1) is 12.7. The topological polar surface area (TPSA) is 60.5 Å². The van der Waals surface area contributed by atoms with Gasteiger partial charge in [-0.3, -0.25) is 4.79 Å². The number of hydrogen-bond donors (Lipinski definition) is 0. The Kier molecular flexibility index (Phi) is 5.10. The fourth-order valence-electron chi connectivity index (χ4n) is 2.98. The summed E-state index contributed by atoms with van der Waals surface area (Å²) < 4.78 is 13.5. The second kappa shape index (κ2) is 7.65. The summed E-state index contributed by atoms with van der Waals surface area (Å²) >= 11 is 7.42. The predicted molar refractivity (Wildman–Crippen MR) is 99.7 cm³/mol. The minimum Gasteiger partial charge on any atom is -0.380 e. The lowest BCUT2D eigenvalue weighted by molar-refractivity contribution is 0.0731. The van der Waals surface area contributed by atoms with Crippen LogP contribution < -0.4 is 0 Å². The zero-order valence-corrected chi connectivity index (χ0v) is 15.6. The fourth-order valence-corrected chi connectivity index (χ4v) is 3.97. The number of rotatable bonds is 4. The van der Waals surface area contributed by atoms with Gasteiger partial charge in [0.25, 0.3) is 5.91 Å². The summed E-state index contributed by atoms with van der Waals surface area (Å²) in [5, 5.41) is 4.13. The van der Waals surface area contributed by atoms with Crippen LogP contribution in [0.2, 0.25) is 4.34 Å². The van der Waals surface area contributed by atoms with Crippen LogP contribution in [0.15, 0.2) is 41.1 Å². The van der Waals surface area contributed by atoms with Crippen molar-refractivity contribution in [2.24, 2.45) is 0 Å². The smallest absolute Gasteiger partial charge is 0.270 e. The second-order valence-corrected chi connectivity index (χ2v) is 7.78. The molecule has 6 nitrogen and oxygen atoms in total. The standard InChI is InChI=1S/C18H18ClN3O3S/c19-17-5-4-16(26-17)15-11-13(20-25-15)12-22-6-1-3-14(22)18(23)21-7-2-9-24-10-8-21/h1,3-6,11H,2,7-10,12H2. The molecule has 4 heterocycles. The molecule has 136 valence electrons. The van der Waals surface area contributed by atoms with Crippen molar-refractivity contribution in [3.8, 4) is 10.6 Å². The van der Waals surface area contributed by atoms with Crippen LogP contribution in [0.3, 0.4) is 0 Å². The van der Waals surface area contributed by atoms with E-state index in [4.69, 9.17) is 20.9 Å². The summed E-state index contributed by atoms with van der Waals surface area (Å²) in [5.74, 6) is 0.704. The average molecular weight is 392 g/mol. The van der Waals surface area contributed by atoms with E-state index in [2.05, 4.69) is 5.16 Å². The van der Waals surface area contributed by atoms with Crippen LogP contribution >= 0.6 is 22.9 Å². The van der Waals surface area contributed by atoms with Crippen molar-refractivity contribution in [3.05, 3.63) is 52.3 Å². The van der Waals surface area contributed by atoms with E-state index in [1.165, 1.54) is 11.3 Å². The number of amides is 1. The molecule has 3 aromatic heterocycles. The van der Waals surface area contributed by atoms with Crippen molar-refractivity contribution in [2.45, 2.75) is 13.0 Å². The largest absolute Gasteiger partial charge is 0.380 e. The molecular formula is C18H18ClN3O3S. The average Bonchev–Trinajstić information content (AvgIpc) is 3.33. The summed E-state index contributed by atoms with van der Waals surface area (Å²) in [6.07, 6.45) is 2.75. The molecule has 0 aromatic carbocycles. The zero-order valence-electron chi connectivity index (χ0n) is 14.1. The van der Waals surface area contributed by atoms with Gasteiger partial charge < -0.3 is 18.7 Å². The van der Waals surface area contributed by atoms with Gasteiger partial charge in [-0.05, 0) is 30.7 Å². The van der Waals surface area contributed by atoms with Crippen LogP contribution in [-0.2, 0) is 11.3 Å². The highest BCUT2D eigenvalue weighted by atomic mass is 35.5. The van der Waals surface area contributed by atoms with Gasteiger partial charge in [-0.2, -0.15) is 0 Å². The molecule has 0 atom stereocenters. The molecular weight excluding hydrogens is 374 g/mol. The van der Waals surface area contributed by atoms with E-state index in [1.807, 2.05) is 46.0 Å². The molecule has 8 heteroatoms. The van der Waals surface area contributed by atoms with Gasteiger partial charge in [0.1, 0.15) is 11.4 Å². The Morgan fingerprint density at radius 3 is 3.04 bits per heavy atom. The summed E-state index contributed by atoms with van der Waals surface area (Å²) in [6.45, 7) is 3.11. The number of carbonyl (C=O) groups is 1. The van der Waals surface area contributed by atoms with Crippen molar-refractivity contribution >= 4 is 28.8 Å². The summed E-state index contributed by atoms with van der Waals surface area (Å²) in [6, 6.07) is 9.34. The molecule has 1 fully saturated rings. The Morgan fingerprint density at radius 2 is 2.19 bits per heavy atom. The Hall–Kier alpha value is -2.09. The molecule has 3 aromatic rings. The highest BCUT2D eigenvalue weighted by Gasteiger charge is 2.21. The SMILES string of the molecule is O=C(c1cccn1Cc1cc(-c2ccc(Cl)s2)on1)N1CCCOCC1. The number of nitrogens with zero attached hydrogens (tertiary/aromatic N) is 3. The first-order valence-corrected chi connectivity index (χ1v) is 9.63. The van der Waals surface area contributed by atoms with Gasteiger partial charge >= 0.3 is 0 Å². The van der Waals surface area contributed by atoms with Crippen molar-refractivity contribution in [1.82, 2.24) is 14.6 Å². The molecule has 1 amide bonds. The van der Waals surface area contributed by atoms with E-state index in [0.29, 0.717) is 42.1 Å². The number of halogens is 1. The third-order valence-electron chi connectivity index (χ3n) is 4.27. The van der Waals surface area contributed by atoms with Gasteiger partial charge in [0, 0.05) is 32.0 Å². The normalized spacial score (nSPS) is 15.2. The van der Waals surface area contributed by atoms with E-state index in [9.17, 15) is 4.79 Å². The van der Waals surface area contributed by atoms with Crippen LogP contribution in [0.4, 0.5) is 0 Å². The monoisotopic (exact) mass is 391 g/mol. The van der Waals surface area contributed by atoms with Crippen molar-refractivity contribution < 1.29 is 14.1 Å². The highest BCUT2D eigenvalue weighted by Crippen LogP contribution is 2.31. The fraction of sp³-hybridized carbons (Fsp3) is 0.333. The van der Waals surface area contributed by atoms with Gasteiger partial charge in [-0.15, -0.1) is 11.3 Å². The molecule has 0 aliphatic carbocycles. The van der Waals surface area contributed by atoms with E-state index in [1.54, 1.807) is 0 Å². The maximum Gasteiger partial charge on any atom is 0.270 e. The summed E-state index contributed by atoms with van der Waals surface area (Å²) in [5.41, 5.74) is 1.41. The van der Waals surface area contributed by atoms with Crippen LogP contribution in [0.5, 0.6) is 0 Å². The van der Waals surface area contributed by atoms with Gasteiger partial charge in [0.2, 0.25) is 0 Å². The second-order valence-electron chi connectivity index (χ2n) is 6.07. The minimum absolute atomic E-state index is 0.0225. The number of hydrogen-bond acceptors (Lipinski definition) is 5. The Balaban J connectivity index is 1.50. The molecule has 0 unspecified atom stereocenters. The first kappa shape index (κ1) is 17.3. The quantitative estimate of drug-likeness (QED) is 0.679. The van der Waals surface area contributed by atoms with Crippen molar-refractivity contribution in [2.75, 3.05) is 26.3 Å². The van der Waals surface area contributed by atoms with Crippen LogP contribution in [0.1, 0.15) is 22.6 Å². The van der Waals surface area contributed by atoms with E-state index < -0.39 is 0 Å². The summed E-state index contributed by atoms with van der Waals surface area (Å²) in [7, 11) is 0. The molecule has 4 rings (SSSR count). The molecule has 0 spiro atoms. The van der Waals surface area contributed by atoms with E-state index >= 15 is 0 Å². The Labute approximate surface area is 159 Å². The number of aromatic nitrogens is 2. The third-order valence-corrected chi connectivity index (χ3v) is 5.51. The molecule has 1 saturated heterocycles. The lowest BCUT2D eigenvalue weighted by Crippen LogP contribution is -2.34. The van der Waals surface area contributed by atoms with Crippen LogP contribution in [0.25, 0.3) is 10.6 Å². The zero-order chi connectivity index (χ0) is 17.9. The number of thiophene rings is 1. The Bertz CT molecular complexity index is 893. The molecule has 1 aliphatic rings. The van der Waals surface area contributed by atoms with Gasteiger partial charge in [0.05, 0.1) is 22.4 Å². The Morgan fingerprint density at radius 1 is 1.27 bits per heavy atom. The van der Waals surface area contributed by atoms with Crippen molar-refractivity contribution in [3.63, 3.8) is 0 Å². The van der Waals surface area contributed by atoms with Gasteiger partial charge in [-0.1, -0.05) is 16.8 Å². The summed E-state index contributed by atoms with van der Waals surface area (Å²) in [4.78, 5) is 15.6. The lowest BCUT2D eigenvalue weighted by Gasteiger charge is -2.20. The number of carbonyl (C=O) groups excluding carboxylic acids is 1. The molecule has 0 N–H and O–H groups in total. The van der Waals surface area contributed by atoms with Crippen LogP contribution in [-0.4, -0.2) is 46.8 Å². The third kappa shape index (κ3) is 3.70. The minimum atomic E-state index is 0.0225.